The summed E-state index contributed by atoms with van der Waals surface area (Å²) < 4.78 is 0. The fourth-order valence-corrected chi connectivity index (χ4v) is 2.25. The Morgan fingerprint density at radius 2 is 2.29 bits per heavy atom. The van der Waals surface area contributed by atoms with Crippen LogP contribution < -0.4 is 10.6 Å². The van der Waals surface area contributed by atoms with Gasteiger partial charge in [-0.05, 0) is 25.5 Å². The molecule has 1 aliphatic heterocycles. The SMILES string of the molecule is O=C(NCC1CCCCN1)c1cc(Cl)c(Cl)[nH]1. The van der Waals surface area contributed by atoms with Crippen LogP contribution in [0.1, 0.15) is 29.8 Å². The van der Waals surface area contributed by atoms with E-state index < -0.39 is 0 Å². The van der Waals surface area contributed by atoms with Gasteiger partial charge in [0, 0.05) is 12.6 Å². The molecule has 2 rings (SSSR count). The Kier molecular flexibility index (Phi) is 4.31. The van der Waals surface area contributed by atoms with Crippen molar-refractivity contribution in [1.29, 1.82) is 0 Å². The molecule has 0 aliphatic carbocycles. The molecule has 1 saturated heterocycles. The van der Waals surface area contributed by atoms with Crippen LogP contribution in [0.2, 0.25) is 10.2 Å². The molecular weight excluding hydrogens is 261 g/mol. The Labute approximate surface area is 110 Å². The molecule has 94 valence electrons. The molecule has 0 bridgehead atoms. The van der Waals surface area contributed by atoms with Gasteiger partial charge in [-0.15, -0.1) is 0 Å². The van der Waals surface area contributed by atoms with Crippen molar-refractivity contribution >= 4 is 29.1 Å². The lowest BCUT2D eigenvalue weighted by Crippen LogP contribution is -2.43. The maximum atomic E-state index is 11.8. The third-order valence-electron chi connectivity index (χ3n) is 2.89. The van der Waals surface area contributed by atoms with Gasteiger partial charge in [-0.1, -0.05) is 29.6 Å². The van der Waals surface area contributed by atoms with Gasteiger partial charge >= 0.3 is 0 Å². The molecule has 0 saturated carbocycles. The zero-order valence-electron chi connectivity index (χ0n) is 9.35. The van der Waals surface area contributed by atoms with Gasteiger partial charge in [-0.25, -0.2) is 0 Å². The summed E-state index contributed by atoms with van der Waals surface area (Å²) in [5.74, 6) is -0.175. The van der Waals surface area contributed by atoms with E-state index in [9.17, 15) is 4.79 Å². The summed E-state index contributed by atoms with van der Waals surface area (Å²) in [5, 5.41) is 6.89. The summed E-state index contributed by atoms with van der Waals surface area (Å²) in [6, 6.07) is 1.90. The van der Waals surface area contributed by atoms with Gasteiger partial charge in [0.15, 0.2) is 0 Å². The topological polar surface area (TPSA) is 56.9 Å². The van der Waals surface area contributed by atoms with Gasteiger partial charge < -0.3 is 15.6 Å². The second kappa shape index (κ2) is 5.76. The predicted molar refractivity (Wildman–Crippen MR) is 68.8 cm³/mol. The molecule has 3 N–H and O–H groups in total. The molecule has 0 radical (unpaired) electrons. The van der Waals surface area contributed by atoms with Crippen LogP contribution in [-0.4, -0.2) is 30.0 Å². The van der Waals surface area contributed by atoms with Crippen LogP contribution in [0.25, 0.3) is 0 Å². The fraction of sp³-hybridized carbons (Fsp3) is 0.545. The highest BCUT2D eigenvalue weighted by Gasteiger charge is 2.15. The van der Waals surface area contributed by atoms with Crippen LogP contribution in [0.5, 0.6) is 0 Å². The number of halogens is 2. The number of rotatable bonds is 3. The summed E-state index contributed by atoms with van der Waals surface area (Å²) in [7, 11) is 0. The minimum Gasteiger partial charge on any atom is -0.349 e. The number of carbonyl (C=O) groups excluding carboxylic acids is 1. The van der Waals surface area contributed by atoms with E-state index in [1.54, 1.807) is 0 Å². The molecule has 2 heterocycles. The summed E-state index contributed by atoms with van der Waals surface area (Å²) >= 11 is 11.5. The Balaban J connectivity index is 1.84. The average Bonchev–Trinajstić information content (AvgIpc) is 2.68. The molecule has 4 nitrogen and oxygen atoms in total. The van der Waals surface area contributed by atoms with Crippen molar-refractivity contribution in [2.45, 2.75) is 25.3 Å². The number of hydrogen-bond donors (Lipinski definition) is 3. The minimum atomic E-state index is -0.175. The van der Waals surface area contributed by atoms with E-state index in [4.69, 9.17) is 23.2 Å². The van der Waals surface area contributed by atoms with Gasteiger partial charge in [0.2, 0.25) is 0 Å². The molecular formula is C11H15Cl2N3O. The van der Waals surface area contributed by atoms with E-state index in [0.29, 0.717) is 28.5 Å². The third kappa shape index (κ3) is 3.37. The standard InChI is InChI=1S/C11H15Cl2N3O/c12-8-5-9(16-10(8)13)11(17)15-6-7-3-1-2-4-14-7/h5,7,14,16H,1-4,6H2,(H,15,17). The van der Waals surface area contributed by atoms with E-state index in [1.165, 1.54) is 18.9 Å². The largest absolute Gasteiger partial charge is 0.349 e. The quantitative estimate of drug-likeness (QED) is 0.792. The highest BCUT2D eigenvalue weighted by molar-refractivity contribution is 6.41. The smallest absolute Gasteiger partial charge is 0.267 e. The summed E-state index contributed by atoms with van der Waals surface area (Å²) in [6.07, 6.45) is 3.53. The summed E-state index contributed by atoms with van der Waals surface area (Å²) in [6.45, 7) is 1.66. The summed E-state index contributed by atoms with van der Waals surface area (Å²) in [4.78, 5) is 14.5. The lowest BCUT2D eigenvalue weighted by atomic mass is 10.1. The van der Waals surface area contributed by atoms with Gasteiger partial charge in [0.05, 0.1) is 5.02 Å². The zero-order valence-corrected chi connectivity index (χ0v) is 10.9. The molecule has 1 atom stereocenters. The highest BCUT2D eigenvalue weighted by atomic mass is 35.5. The Hall–Kier alpha value is -0.710. The van der Waals surface area contributed by atoms with Crippen molar-refractivity contribution in [1.82, 2.24) is 15.6 Å². The number of carbonyl (C=O) groups is 1. The first-order valence-corrected chi connectivity index (χ1v) is 6.48. The highest BCUT2D eigenvalue weighted by Crippen LogP contribution is 2.21. The maximum Gasteiger partial charge on any atom is 0.267 e. The Bertz CT molecular complexity index is 380. The number of nitrogens with one attached hydrogen (secondary N) is 3. The van der Waals surface area contributed by atoms with Crippen molar-refractivity contribution in [2.24, 2.45) is 0 Å². The molecule has 1 aromatic rings. The monoisotopic (exact) mass is 275 g/mol. The normalized spacial score (nSPS) is 20.2. The molecule has 0 spiro atoms. The number of aromatic nitrogens is 1. The van der Waals surface area contributed by atoms with Crippen molar-refractivity contribution in [3.05, 3.63) is 21.9 Å². The third-order valence-corrected chi connectivity index (χ3v) is 3.58. The molecule has 1 unspecified atom stereocenters. The predicted octanol–water partition coefficient (Wildman–Crippen LogP) is 2.19. The van der Waals surface area contributed by atoms with Crippen LogP contribution in [0.15, 0.2) is 6.07 Å². The van der Waals surface area contributed by atoms with Gasteiger partial charge in [-0.3, -0.25) is 4.79 Å². The first-order chi connectivity index (χ1) is 8.16. The average molecular weight is 276 g/mol. The molecule has 0 aromatic carbocycles. The van der Waals surface area contributed by atoms with E-state index in [1.807, 2.05) is 0 Å². The molecule has 1 aromatic heterocycles. The molecule has 1 aliphatic rings. The van der Waals surface area contributed by atoms with Crippen molar-refractivity contribution in [2.75, 3.05) is 13.1 Å². The number of hydrogen-bond acceptors (Lipinski definition) is 2. The van der Waals surface area contributed by atoms with Crippen molar-refractivity contribution in [3.63, 3.8) is 0 Å². The minimum absolute atomic E-state index is 0.175. The van der Waals surface area contributed by atoms with Crippen LogP contribution >= 0.6 is 23.2 Å². The fourth-order valence-electron chi connectivity index (χ4n) is 1.94. The Morgan fingerprint density at radius 1 is 1.47 bits per heavy atom. The number of amides is 1. The van der Waals surface area contributed by atoms with Gasteiger partial charge in [0.25, 0.3) is 5.91 Å². The lowest BCUT2D eigenvalue weighted by Gasteiger charge is -2.23. The van der Waals surface area contributed by atoms with Crippen LogP contribution in [-0.2, 0) is 0 Å². The van der Waals surface area contributed by atoms with Crippen LogP contribution in [0, 0.1) is 0 Å². The van der Waals surface area contributed by atoms with Crippen molar-refractivity contribution < 1.29 is 4.79 Å². The van der Waals surface area contributed by atoms with Crippen molar-refractivity contribution in [3.8, 4) is 0 Å². The van der Waals surface area contributed by atoms with Gasteiger partial charge in [0.1, 0.15) is 10.8 Å². The molecule has 1 amide bonds. The van der Waals surface area contributed by atoms with Crippen LogP contribution in [0.4, 0.5) is 0 Å². The maximum absolute atomic E-state index is 11.8. The van der Waals surface area contributed by atoms with Gasteiger partial charge in [-0.2, -0.15) is 0 Å². The second-order valence-corrected chi connectivity index (χ2v) is 4.99. The van der Waals surface area contributed by atoms with E-state index >= 15 is 0 Å². The zero-order chi connectivity index (χ0) is 12.3. The number of aromatic amines is 1. The number of H-pyrrole nitrogens is 1. The van der Waals surface area contributed by atoms with E-state index in [0.717, 1.165) is 13.0 Å². The first kappa shape index (κ1) is 12.7. The van der Waals surface area contributed by atoms with E-state index in [-0.39, 0.29) is 5.91 Å². The first-order valence-electron chi connectivity index (χ1n) is 5.72. The van der Waals surface area contributed by atoms with Crippen LogP contribution in [0.3, 0.4) is 0 Å². The number of piperidine rings is 1. The Morgan fingerprint density at radius 3 is 2.88 bits per heavy atom. The molecule has 1 fully saturated rings. The molecule has 17 heavy (non-hydrogen) atoms. The second-order valence-electron chi connectivity index (χ2n) is 4.20. The lowest BCUT2D eigenvalue weighted by molar-refractivity contribution is 0.0943. The van der Waals surface area contributed by atoms with E-state index in [2.05, 4.69) is 15.6 Å². The summed E-state index contributed by atoms with van der Waals surface area (Å²) in [5.41, 5.74) is 0.399. The molecule has 6 heteroatoms.